The van der Waals surface area contributed by atoms with Gasteiger partial charge >= 0.3 is 0 Å². The third-order valence-electron chi connectivity index (χ3n) is 2.55. The molecular weight excluding hydrogens is 230 g/mol. The molecule has 2 rings (SSSR count). The topological polar surface area (TPSA) is 74.2 Å². The van der Waals surface area contributed by atoms with Crippen LogP contribution in [-0.2, 0) is 13.0 Å². The Morgan fingerprint density at radius 1 is 1.28 bits per heavy atom. The highest BCUT2D eigenvalue weighted by molar-refractivity contribution is 5.37. The molecule has 1 aromatic carbocycles. The minimum absolute atomic E-state index is 0.279. The van der Waals surface area contributed by atoms with E-state index in [9.17, 15) is 0 Å². The van der Waals surface area contributed by atoms with E-state index in [-0.39, 0.29) is 6.61 Å². The highest BCUT2D eigenvalue weighted by Gasteiger charge is 2.07. The van der Waals surface area contributed by atoms with Gasteiger partial charge in [0, 0.05) is 6.92 Å². The van der Waals surface area contributed by atoms with Crippen molar-refractivity contribution in [2.45, 2.75) is 26.9 Å². The Balaban J connectivity index is 2.08. The molecule has 1 aromatic heterocycles. The van der Waals surface area contributed by atoms with E-state index >= 15 is 0 Å². The van der Waals surface area contributed by atoms with Gasteiger partial charge in [0.1, 0.15) is 5.75 Å². The van der Waals surface area contributed by atoms with Gasteiger partial charge in [-0.2, -0.15) is 0 Å². The fraction of sp³-hybridized carbons (Fsp3) is 0.385. The second-order valence-corrected chi connectivity index (χ2v) is 4.15. The zero-order valence-corrected chi connectivity index (χ0v) is 10.6. The maximum Gasteiger partial charge on any atom is 0.253 e. The van der Waals surface area contributed by atoms with Gasteiger partial charge in [-0.3, -0.25) is 0 Å². The molecule has 0 bridgehead atoms. The van der Waals surface area contributed by atoms with E-state index in [4.69, 9.17) is 14.9 Å². The summed E-state index contributed by atoms with van der Waals surface area (Å²) in [5.41, 5.74) is 7.89. The quantitative estimate of drug-likeness (QED) is 0.871. The van der Waals surface area contributed by atoms with E-state index in [2.05, 4.69) is 16.3 Å². The molecule has 1 heterocycles. The zero-order valence-electron chi connectivity index (χ0n) is 10.6. The molecule has 96 valence electrons. The van der Waals surface area contributed by atoms with Crippen LogP contribution in [-0.4, -0.2) is 16.7 Å². The van der Waals surface area contributed by atoms with Crippen molar-refractivity contribution in [1.29, 1.82) is 0 Å². The Kier molecular flexibility index (Phi) is 3.94. The molecule has 2 N–H and O–H groups in total. The molecule has 0 saturated carbocycles. The largest absolute Gasteiger partial charge is 0.484 e. The average Bonchev–Trinajstić information content (AvgIpc) is 2.75. The number of hydrogen-bond acceptors (Lipinski definition) is 5. The van der Waals surface area contributed by atoms with Crippen molar-refractivity contribution in [2.75, 3.05) is 6.54 Å². The van der Waals surface area contributed by atoms with Crippen molar-refractivity contribution >= 4 is 0 Å². The molecule has 0 atom stereocenters. The number of benzene rings is 1. The minimum atomic E-state index is 0.279. The van der Waals surface area contributed by atoms with Crippen LogP contribution in [0.5, 0.6) is 5.75 Å². The van der Waals surface area contributed by atoms with Crippen LogP contribution in [0.3, 0.4) is 0 Å². The first-order valence-electron chi connectivity index (χ1n) is 5.90. The Morgan fingerprint density at radius 2 is 2.11 bits per heavy atom. The van der Waals surface area contributed by atoms with Gasteiger partial charge in [0.05, 0.1) is 0 Å². The van der Waals surface area contributed by atoms with Crippen LogP contribution in [0.15, 0.2) is 22.6 Å². The summed E-state index contributed by atoms with van der Waals surface area (Å²) in [5.74, 6) is 1.84. The van der Waals surface area contributed by atoms with Crippen LogP contribution in [0.4, 0.5) is 0 Å². The first kappa shape index (κ1) is 12.6. The lowest BCUT2D eigenvalue weighted by molar-refractivity contribution is 0.258. The normalized spacial score (nSPS) is 10.6. The Hall–Kier alpha value is -1.88. The van der Waals surface area contributed by atoms with E-state index in [1.54, 1.807) is 6.92 Å². The molecule has 0 unspecified atom stereocenters. The summed E-state index contributed by atoms with van der Waals surface area (Å²) < 4.78 is 10.9. The third kappa shape index (κ3) is 3.07. The van der Waals surface area contributed by atoms with Crippen molar-refractivity contribution in [1.82, 2.24) is 10.2 Å². The lowest BCUT2D eigenvalue weighted by Crippen LogP contribution is -2.06. The summed E-state index contributed by atoms with van der Waals surface area (Å²) in [5, 5.41) is 7.64. The monoisotopic (exact) mass is 247 g/mol. The van der Waals surface area contributed by atoms with Crippen molar-refractivity contribution in [3.05, 3.63) is 41.1 Å². The summed E-state index contributed by atoms with van der Waals surface area (Å²) in [6, 6.07) is 6.04. The van der Waals surface area contributed by atoms with Gasteiger partial charge in [0.15, 0.2) is 6.61 Å². The number of ether oxygens (including phenoxy) is 1. The molecule has 0 fully saturated rings. The summed E-state index contributed by atoms with van der Waals surface area (Å²) in [6.07, 6.45) is 0.792. The average molecular weight is 247 g/mol. The molecule has 0 aliphatic carbocycles. The minimum Gasteiger partial charge on any atom is -0.484 e. The van der Waals surface area contributed by atoms with Gasteiger partial charge in [-0.1, -0.05) is 17.7 Å². The number of aryl methyl sites for hydroxylation is 2. The van der Waals surface area contributed by atoms with Crippen LogP contribution in [0.1, 0.15) is 22.9 Å². The predicted molar refractivity (Wildman–Crippen MR) is 67.3 cm³/mol. The zero-order chi connectivity index (χ0) is 13.0. The Bertz CT molecular complexity index is 523. The molecule has 18 heavy (non-hydrogen) atoms. The van der Waals surface area contributed by atoms with Gasteiger partial charge in [-0.05, 0) is 31.5 Å². The van der Waals surface area contributed by atoms with Crippen LogP contribution < -0.4 is 10.5 Å². The number of rotatable bonds is 5. The standard InChI is InChI=1S/C13H17N3O2/c1-9-3-4-12(11(7-9)5-6-14)17-8-13-16-15-10(2)18-13/h3-4,7H,5-6,8,14H2,1-2H3. The highest BCUT2D eigenvalue weighted by Crippen LogP contribution is 2.21. The Morgan fingerprint density at radius 3 is 2.78 bits per heavy atom. The van der Waals surface area contributed by atoms with Crippen molar-refractivity contribution < 1.29 is 9.15 Å². The smallest absolute Gasteiger partial charge is 0.253 e. The van der Waals surface area contributed by atoms with Gasteiger partial charge in [0.25, 0.3) is 5.89 Å². The molecule has 0 aliphatic heterocycles. The fourth-order valence-corrected chi connectivity index (χ4v) is 1.74. The number of hydrogen-bond donors (Lipinski definition) is 1. The molecule has 0 radical (unpaired) electrons. The van der Waals surface area contributed by atoms with Crippen molar-refractivity contribution in [3.8, 4) is 5.75 Å². The lowest BCUT2D eigenvalue weighted by atomic mass is 10.1. The molecular formula is C13H17N3O2. The van der Waals surface area contributed by atoms with Gasteiger partial charge in [0.2, 0.25) is 5.89 Å². The van der Waals surface area contributed by atoms with Crippen LogP contribution >= 0.6 is 0 Å². The maximum atomic E-state index is 5.69. The van der Waals surface area contributed by atoms with E-state index in [1.165, 1.54) is 5.56 Å². The predicted octanol–water partition coefficient (Wildman–Crippen LogP) is 1.77. The molecule has 5 heteroatoms. The maximum absolute atomic E-state index is 5.69. The van der Waals surface area contributed by atoms with Crippen molar-refractivity contribution in [2.24, 2.45) is 5.73 Å². The molecule has 0 amide bonds. The Labute approximate surface area is 106 Å². The lowest BCUT2D eigenvalue weighted by Gasteiger charge is -2.10. The van der Waals surface area contributed by atoms with E-state index in [1.807, 2.05) is 19.1 Å². The van der Waals surface area contributed by atoms with Gasteiger partial charge in [-0.25, -0.2) is 0 Å². The van der Waals surface area contributed by atoms with Crippen molar-refractivity contribution in [3.63, 3.8) is 0 Å². The summed E-state index contributed by atoms with van der Waals surface area (Å²) in [6.45, 7) is 4.67. The molecule has 5 nitrogen and oxygen atoms in total. The number of aromatic nitrogens is 2. The third-order valence-corrected chi connectivity index (χ3v) is 2.55. The first-order chi connectivity index (χ1) is 8.69. The highest BCUT2D eigenvalue weighted by atomic mass is 16.5. The molecule has 0 saturated heterocycles. The SMILES string of the molecule is Cc1ccc(OCc2nnc(C)o2)c(CCN)c1. The number of nitrogens with zero attached hydrogens (tertiary/aromatic N) is 2. The second-order valence-electron chi connectivity index (χ2n) is 4.15. The first-order valence-corrected chi connectivity index (χ1v) is 5.90. The van der Waals surface area contributed by atoms with Crippen LogP contribution in [0, 0.1) is 13.8 Å². The summed E-state index contributed by atoms with van der Waals surface area (Å²) in [4.78, 5) is 0. The van der Waals surface area contributed by atoms with E-state index in [0.29, 0.717) is 18.3 Å². The molecule has 2 aromatic rings. The van der Waals surface area contributed by atoms with Gasteiger partial charge < -0.3 is 14.9 Å². The summed E-state index contributed by atoms with van der Waals surface area (Å²) >= 11 is 0. The number of nitrogens with two attached hydrogens (primary N) is 1. The van der Waals surface area contributed by atoms with E-state index in [0.717, 1.165) is 17.7 Å². The molecule has 0 spiro atoms. The second kappa shape index (κ2) is 5.64. The summed E-state index contributed by atoms with van der Waals surface area (Å²) in [7, 11) is 0. The van der Waals surface area contributed by atoms with E-state index < -0.39 is 0 Å². The van der Waals surface area contributed by atoms with Crippen LogP contribution in [0.2, 0.25) is 0 Å². The molecule has 0 aliphatic rings. The van der Waals surface area contributed by atoms with Gasteiger partial charge in [-0.15, -0.1) is 10.2 Å². The fourth-order valence-electron chi connectivity index (χ4n) is 1.74. The van der Waals surface area contributed by atoms with Crippen LogP contribution in [0.25, 0.3) is 0 Å².